The number of piperazine rings is 1. The molecule has 2 heterocycles. The number of likely N-dealkylation sites (N-methyl/N-ethyl adjacent to an activating group) is 1. The number of fused-ring (bicyclic) bond motifs is 1. The van der Waals surface area contributed by atoms with Gasteiger partial charge < -0.3 is 15.1 Å². The Hall–Kier alpha value is -2.94. The molecule has 2 N–H and O–H groups in total. The fourth-order valence-electron chi connectivity index (χ4n) is 3.95. The molecule has 3 amide bonds. The van der Waals surface area contributed by atoms with Gasteiger partial charge in [-0.2, -0.15) is 0 Å². The fourth-order valence-corrected chi connectivity index (χ4v) is 3.95. The van der Waals surface area contributed by atoms with Gasteiger partial charge in [-0.25, -0.2) is 9.82 Å². The molecule has 9 heteroatoms. The smallest absolute Gasteiger partial charge is 0.271 e. The van der Waals surface area contributed by atoms with Crippen LogP contribution in [-0.4, -0.2) is 71.9 Å². The number of nitrogens with zero attached hydrogens (tertiary/aromatic N) is 3. The van der Waals surface area contributed by atoms with E-state index in [-0.39, 0.29) is 30.4 Å². The van der Waals surface area contributed by atoms with E-state index in [4.69, 9.17) is 0 Å². The zero-order chi connectivity index (χ0) is 22.7. The zero-order valence-electron chi connectivity index (χ0n) is 18.4. The minimum absolute atomic E-state index is 0.0395. The highest BCUT2D eigenvalue weighted by atomic mass is 19.1. The molecule has 0 radical (unpaired) electrons. The van der Waals surface area contributed by atoms with Crippen LogP contribution in [0.15, 0.2) is 30.0 Å². The van der Waals surface area contributed by atoms with Crippen LogP contribution in [-0.2, 0) is 14.4 Å². The van der Waals surface area contributed by atoms with Gasteiger partial charge in [-0.1, -0.05) is 19.1 Å². The predicted octanol–water partition coefficient (Wildman–Crippen LogP) is 1.75. The lowest BCUT2D eigenvalue weighted by molar-refractivity contribution is -0.141. The van der Waals surface area contributed by atoms with E-state index >= 15 is 0 Å². The van der Waals surface area contributed by atoms with E-state index < -0.39 is 12.6 Å². The highest BCUT2D eigenvalue weighted by Gasteiger charge is 2.40. The molecular weight excluding hydrogens is 401 g/mol. The molecule has 2 aliphatic rings. The summed E-state index contributed by atoms with van der Waals surface area (Å²) in [5.74, 6) is -1.03. The summed E-state index contributed by atoms with van der Waals surface area (Å²) >= 11 is 0. The van der Waals surface area contributed by atoms with E-state index in [1.54, 1.807) is 29.0 Å². The number of aryl methyl sites for hydroxylation is 1. The van der Waals surface area contributed by atoms with Crippen LogP contribution in [0.3, 0.4) is 0 Å². The molecule has 0 saturated carbocycles. The van der Waals surface area contributed by atoms with Crippen molar-refractivity contribution in [3.05, 3.63) is 41.1 Å². The molecule has 168 valence electrons. The Labute approximate surface area is 182 Å². The zero-order valence-corrected chi connectivity index (χ0v) is 18.4. The first kappa shape index (κ1) is 22.7. The predicted molar refractivity (Wildman–Crippen MR) is 116 cm³/mol. The number of hydrazine groups is 1. The highest BCUT2D eigenvalue weighted by molar-refractivity contribution is 5.97. The lowest BCUT2D eigenvalue weighted by Crippen LogP contribution is -2.57. The number of halogens is 1. The molecule has 2 aliphatic heterocycles. The third kappa shape index (κ3) is 4.87. The molecule has 2 atom stereocenters. The van der Waals surface area contributed by atoms with Gasteiger partial charge in [0.05, 0.1) is 12.1 Å². The van der Waals surface area contributed by atoms with E-state index in [2.05, 4.69) is 10.7 Å². The molecule has 8 nitrogen and oxygen atoms in total. The van der Waals surface area contributed by atoms with Gasteiger partial charge >= 0.3 is 0 Å². The van der Waals surface area contributed by atoms with E-state index in [0.29, 0.717) is 24.5 Å². The average molecular weight is 432 g/mol. The molecule has 1 aromatic carbocycles. The van der Waals surface area contributed by atoms with Crippen LogP contribution < -0.4 is 10.7 Å². The van der Waals surface area contributed by atoms with Crippen LogP contribution in [0.5, 0.6) is 0 Å². The van der Waals surface area contributed by atoms with Crippen LogP contribution in [0.2, 0.25) is 0 Å². The number of nitrogens with one attached hydrogen (secondary N) is 2. The highest BCUT2D eigenvalue weighted by Crippen LogP contribution is 2.34. The molecule has 0 aromatic heterocycles. The Bertz CT molecular complexity index is 903. The number of benzene rings is 1. The minimum atomic E-state index is -1.11. The quantitative estimate of drug-likeness (QED) is 0.687. The minimum Gasteiger partial charge on any atom is -0.344 e. The van der Waals surface area contributed by atoms with Crippen LogP contribution in [0.4, 0.5) is 10.1 Å². The maximum Gasteiger partial charge on any atom is 0.271 e. The van der Waals surface area contributed by atoms with Crippen molar-refractivity contribution in [1.29, 1.82) is 0 Å². The molecule has 1 aromatic rings. The van der Waals surface area contributed by atoms with Gasteiger partial charge in [-0.15, -0.1) is 0 Å². The Morgan fingerprint density at radius 2 is 2.10 bits per heavy atom. The second kappa shape index (κ2) is 9.47. The first-order valence-electron chi connectivity index (χ1n) is 10.5. The Morgan fingerprint density at radius 3 is 2.77 bits per heavy atom. The number of carbonyl (C=O) groups excluding carboxylic acids is 3. The van der Waals surface area contributed by atoms with E-state index in [1.165, 1.54) is 0 Å². The normalized spacial score (nSPS) is 20.4. The van der Waals surface area contributed by atoms with Crippen LogP contribution in [0, 0.1) is 6.92 Å². The van der Waals surface area contributed by atoms with Crippen molar-refractivity contribution in [3.8, 4) is 0 Å². The Morgan fingerprint density at radius 1 is 1.35 bits per heavy atom. The molecule has 0 aliphatic carbocycles. The van der Waals surface area contributed by atoms with E-state index in [0.717, 1.165) is 17.5 Å². The van der Waals surface area contributed by atoms with Crippen molar-refractivity contribution in [1.82, 2.24) is 20.2 Å². The van der Waals surface area contributed by atoms with Gasteiger partial charge in [-0.3, -0.25) is 19.4 Å². The molecular formula is C22H30FN5O3. The number of hydrogen-bond donors (Lipinski definition) is 2. The lowest BCUT2D eigenvalue weighted by atomic mass is 10.0. The molecule has 0 bridgehead atoms. The standard InChI is InChI=1S/C22H30FN5O3/c1-5-8-26(4)21(30)13-27-12-15(3)28-19(22(27)31)10-18(25-28)16-7-6-14(2)9-17(16)24-20(29)11-23/h6-7,9-10,15,18,25H,5,8,11-13H2,1-4H3,(H,24,29). The van der Waals surface area contributed by atoms with Crippen molar-refractivity contribution in [2.24, 2.45) is 0 Å². The Balaban J connectivity index is 1.83. The van der Waals surface area contributed by atoms with E-state index in [9.17, 15) is 18.8 Å². The number of rotatable bonds is 7. The number of carbonyl (C=O) groups is 3. The summed E-state index contributed by atoms with van der Waals surface area (Å²) < 4.78 is 12.7. The number of anilines is 1. The summed E-state index contributed by atoms with van der Waals surface area (Å²) in [4.78, 5) is 40.4. The first-order valence-corrected chi connectivity index (χ1v) is 10.5. The lowest BCUT2D eigenvalue weighted by Gasteiger charge is -2.40. The maximum absolute atomic E-state index is 13.1. The van der Waals surface area contributed by atoms with Gasteiger partial charge in [0.2, 0.25) is 5.91 Å². The molecule has 1 fully saturated rings. The van der Waals surface area contributed by atoms with Crippen LogP contribution in [0.25, 0.3) is 0 Å². The summed E-state index contributed by atoms with van der Waals surface area (Å²) in [6.07, 6.45) is 2.65. The van der Waals surface area contributed by atoms with Crippen molar-refractivity contribution < 1.29 is 18.8 Å². The number of amides is 3. The SMILES string of the molecule is CCCN(C)C(=O)CN1CC(C)N2NC(c3ccc(C)cc3NC(=O)CF)C=C2C1=O. The molecule has 3 rings (SSSR count). The summed E-state index contributed by atoms with van der Waals surface area (Å²) in [6, 6.07) is 5.12. The van der Waals surface area contributed by atoms with Crippen molar-refractivity contribution >= 4 is 23.4 Å². The summed E-state index contributed by atoms with van der Waals surface area (Å²) in [6.45, 7) is 5.86. The van der Waals surface area contributed by atoms with E-state index in [1.807, 2.05) is 37.9 Å². The van der Waals surface area contributed by atoms with Gasteiger partial charge in [0.15, 0.2) is 6.67 Å². The first-order chi connectivity index (χ1) is 14.7. The monoisotopic (exact) mass is 431 g/mol. The topological polar surface area (TPSA) is 85.0 Å². The fraction of sp³-hybridized carbons (Fsp3) is 0.500. The van der Waals surface area contributed by atoms with Gasteiger partial charge in [0.1, 0.15) is 12.2 Å². The maximum atomic E-state index is 13.1. The Kier molecular flexibility index (Phi) is 6.94. The summed E-state index contributed by atoms with van der Waals surface area (Å²) in [7, 11) is 1.74. The van der Waals surface area contributed by atoms with Crippen molar-refractivity contribution in [3.63, 3.8) is 0 Å². The second-order valence-electron chi connectivity index (χ2n) is 8.15. The van der Waals surface area contributed by atoms with Gasteiger partial charge in [0.25, 0.3) is 11.8 Å². The van der Waals surface area contributed by atoms with Gasteiger partial charge in [0, 0.05) is 25.8 Å². The number of alkyl halides is 1. The van der Waals surface area contributed by atoms with Gasteiger partial charge in [-0.05, 0) is 43.5 Å². The third-order valence-corrected chi connectivity index (χ3v) is 5.54. The van der Waals surface area contributed by atoms with Crippen LogP contribution >= 0.6 is 0 Å². The molecule has 1 saturated heterocycles. The van der Waals surface area contributed by atoms with Crippen molar-refractivity contribution in [2.45, 2.75) is 39.3 Å². The third-order valence-electron chi connectivity index (χ3n) is 5.54. The molecule has 2 unspecified atom stereocenters. The average Bonchev–Trinajstić information content (AvgIpc) is 3.18. The summed E-state index contributed by atoms with van der Waals surface area (Å²) in [5.41, 5.74) is 5.94. The van der Waals surface area contributed by atoms with Crippen molar-refractivity contribution in [2.75, 3.05) is 38.7 Å². The molecule has 0 spiro atoms. The largest absolute Gasteiger partial charge is 0.344 e. The summed E-state index contributed by atoms with van der Waals surface area (Å²) in [5, 5.41) is 4.40. The number of hydrogen-bond acceptors (Lipinski definition) is 5. The van der Waals surface area contributed by atoms with Crippen LogP contribution in [0.1, 0.15) is 37.4 Å². The molecule has 31 heavy (non-hydrogen) atoms. The second-order valence-corrected chi connectivity index (χ2v) is 8.15.